The number of pyridine rings is 1. The Kier molecular flexibility index (Phi) is 5.16. The van der Waals surface area contributed by atoms with Crippen LogP contribution in [0.5, 0.6) is 5.88 Å². The molecule has 0 saturated carbocycles. The minimum atomic E-state index is -0.476. The third-order valence-electron chi connectivity index (χ3n) is 5.68. The fourth-order valence-corrected chi connectivity index (χ4v) is 4.06. The lowest BCUT2D eigenvalue weighted by Crippen LogP contribution is -2.18. The van der Waals surface area contributed by atoms with Crippen molar-refractivity contribution in [3.8, 4) is 28.5 Å². The SMILES string of the molecule is CNC(=O)c1c(C)oc2cc(NC)c(-c3cnc(OC)c(-c4nc5c(F)cccc5o4)c3)cc12. The van der Waals surface area contributed by atoms with E-state index in [-0.39, 0.29) is 23.2 Å². The molecule has 172 valence electrons. The predicted molar refractivity (Wildman–Crippen MR) is 127 cm³/mol. The number of aromatic nitrogens is 2. The smallest absolute Gasteiger partial charge is 0.255 e. The molecule has 0 saturated heterocycles. The highest BCUT2D eigenvalue weighted by atomic mass is 19.1. The molecule has 8 nitrogen and oxygen atoms in total. The first kappa shape index (κ1) is 21.4. The summed E-state index contributed by atoms with van der Waals surface area (Å²) in [5.74, 6) is 0.282. The number of furan rings is 1. The Hall–Kier alpha value is -4.40. The zero-order valence-electron chi connectivity index (χ0n) is 18.9. The number of amides is 1. The number of halogens is 1. The first-order chi connectivity index (χ1) is 16.4. The van der Waals surface area contributed by atoms with E-state index in [2.05, 4.69) is 20.6 Å². The van der Waals surface area contributed by atoms with Gasteiger partial charge in [-0.2, -0.15) is 0 Å². The van der Waals surface area contributed by atoms with Crippen molar-refractivity contribution in [1.82, 2.24) is 15.3 Å². The van der Waals surface area contributed by atoms with Crippen molar-refractivity contribution in [3.63, 3.8) is 0 Å². The van der Waals surface area contributed by atoms with E-state index in [9.17, 15) is 9.18 Å². The van der Waals surface area contributed by atoms with Crippen LogP contribution >= 0.6 is 0 Å². The molecule has 0 radical (unpaired) electrons. The third-order valence-corrected chi connectivity index (χ3v) is 5.68. The maximum atomic E-state index is 14.2. The number of hydrogen-bond acceptors (Lipinski definition) is 7. The molecule has 2 aromatic carbocycles. The van der Waals surface area contributed by atoms with Gasteiger partial charge in [0.15, 0.2) is 11.4 Å². The maximum Gasteiger partial charge on any atom is 0.255 e. The first-order valence-electron chi connectivity index (χ1n) is 10.5. The second kappa shape index (κ2) is 8.18. The summed E-state index contributed by atoms with van der Waals surface area (Å²) in [6.07, 6.45) is 1.65. The number of hydrogen-bond donors (Lipinski definition) is 2. The number of para-hydroxylation sites is 1. The van der Waals surface area contributed by atoms with Crippen molar-refractivity contribution in [1.29, 1.82) is 0 Å². The molecule has 0 unspecified atom stereocenters. The molecule has 2 N–H and O–H groups in total. The van der Waals surface area contributed by atoms with Crippen LogP contribution in [-0.4, -0.2) is 37.1 Å². The summed E-state index contributed by atoms with van der Waals surface area (Å²) in [5, 5.41) is 6.50. The van der Waals surface area contributed by atoms with Gasteiger partial charge in [-0.05, 0) is 31.2 Å². The Labute approximate surface area is 193 Å². The van der Waals surface area contributed by atoms with Crippen LogP contribution in [0.25, 0.3) is 44.7 Å². The average Bonchev–Trinajstić information content (AvgIpc) is 3.43. The minimum absolute atomic E-state index is 0.131. The van der Waals surface area contributed by atoms with Crippen molar-refractivity contribution >= 4 is 33.7 Å². The van der Waals surface area contributed by atoms with Gasteiger partial charge in [0.25, 0.3) is 5.91 Å². The van der Waals surface area contributed by atoms with Gasteiger partial charge in [-0.3, -0.25) is 4.79 Å². The number of carbonyl (C=O) groups is 1. The Bertz CT molecular complexity index is 1570. The number of nitrogens with one attached hydrogen (secondary N) is 2. The number of fused-ring (bicyclic) bond motifs is 2. The monoisotopic (exact) mass is 460 g/mol. The van der Waals surface area contributed by atoms with Crippen LogP contribution in [0.4, 0.5) is 10.1 Å². The molecule has 0 aliphatic rings. The molecule has 34 heavy (non-hydrogen) atoms. The molecule has 5 aromatic rings. The Morgan fingerprint density at radius 3 is 2.62 bits per heavy atom. The second-order valence-electron chi connectivity index (χ2n) is 7.64. The Morgan fingerprint density at radius 1 is 1.09 bits per heavy atom. The number of rotatable bonds is 5. The highest BCUT2D eigenvalue weighted by molar-refractivity contribution is 6.09. The quantitative estimate of drug-likeness (QED) is 0.373. The molecule has 1 amide bonds. The summed E-state index contributed by atoms with van der Waals surface area (Å²) in [6, 6.07) is 10.1. The lowest BCUT2D eigenvalue weighted by atomic mass is 9.99. The lowest BCUT2D eigenvalue weighted by molar-refractivity contribution is 0.0963. The molecule has 0 spiro atoms. The van der Waals surface area contributed by atoms with Gasteiger partial charge in [-0.25, -0.2) is 14.4 Å². The molecule has 0 aliphatic heterocycles. The highest BCUT2D eigenvalue weighted by Gasteiger charge is 2.22. The normalized spacial score (nSPS) is 11.2. The van der Waals surface area contributed by atoms with Crippen LogP contribution in [0.2, 0.25) is 0 Å². The summed E-state index contributed by atoms with van der Waals surface area (Å²) in [6.45, 7) is 1.75. The molecule has 9 heteroatoms. The van der Waals surface area contributed by atoms with Crippen LogP contribution < -0.4 is 15.4 Å². The van der Waals surface area contributed by atoms with E-state index in [1.54, 1.807) is 39.3 Å². The van der Waals surface area contributed by atoms with E-state index in [1.165, 1.54) is 13.2 Å². The van der Waals surface area contributed by atoms with Crippen molar-refractivity contribution < 1.29 is 22.8 Å². The average molecular weight is 460 g/mol. The molecule has 0 atom stereocenters. The number of oxazole rings is 1. The fourth-order valence-electron chi connectivity index (χ4n) is 4.06. The summed E-state index contributed by atoms with van der Waals surface area (Å²) < 4.78 is 31.3. The van der Waals surface area contributed by atoms with Crippen molar-refractivity contribution in [2.75, 3.05) is 26.5 Å². The zero-order chi connectivity index (χ0) is 24.0. The number of anilines is 1. The van der Waals surface area contributed by atoms with Crippen molar-refractivity contribution in [2.45, 2.75) is 6.92 Å². The van der Waals surface area contributed by atoms with Gasteiger partial charge in [0, 0.05) is 48.6 Å². The van der Waals surface area contributed by atoms with E-state index >= 15 is 0 Å². The zero-order valence-corrected chi connectivity index (χ0v) is 18.9. The lowest BCUT2D eigenvalue weighted by Gasteiger charge is -2.12. The molecule has 0 aliphatic carbocycles. The summed E-state index contributed by atoms with van der Waals surface area (Å²) in [4.78, 5) is 21.2. The van der Waals surface area contributed by atoms with E-state index in [4.69, 9.17) is 13.6 Å². The molecule has 3 aromatic heterocycles. The molecular weight excluding hydrogens is 439 g/mol. The van der Waals surface area contributed by atoms with Gasteiger partial charge in [0.2, 0.25) is 11.8 Å². The van der Waals surface area contributed by atoms with Gasteiger partial charge >= 0.3 is 0 Å². The van der Waals surface area contributed by atoms with Crippen molar-refractivity contribution in [2.24, 2.45) is 0 Å². The number of nitrogens with zero attached hydrogens (tertiary/aromatic N) is 2. The highest BCUT2D eigenvalue weighted by Crippen LogP contribution is 2.39. The van der Waals surface area contributed by atoms with Gasteiger partial charge in [-0.15, -0.1) is 0 Å². The van der Waals surface area contributed by atoms with Gasteiger partial charge in [0.1, 0.15) is 16.9 Å². The standard InChI is InChI=1S/C25H21FN4O4/c1-12-21(23(31)28-3)15-9-14(18(27-2)10-20(15)33-12)13-8-16(24(32-4)29-11-13)25-30-22-17(26)6-5-7-19(22)34-25/h5-11,27H,1-4H3,(H,28,31). The van der Waals surface area contributed by atoms with Crippen LogP contribution in [0, 0.1) is 12.7 Å². The van der Waals surface area contributed by atoms with Crippen LogP contribution in [0.3, 0.4) is 0 Å². The van der Waals surface area contributed by atoms with Gasteiger partial charge in [-0.1, -0.05) is 6.07 Å². The number of benzene rings is 2. The minimum Gasteiger partial charge on any atom is -0.480 e. The maximum absolute atomic E-state index is 14.2. The number of ether oxygens (including phenoxy) is 1. The fraction of sp³-hybridized carbons (Fsp3) is 0.160. The van der Waals surface area contributed by atoms with Crippen LogP contribution in [-0.2, 0) is 0 Å². The number of methoxy groups -OCH3 is 1. The summed E-state index contributed by atoms with van der Waals surface area (Å²) in [5.41, 5.74) is 4.23. The first-order valence-corrected chi connectivity index (χ1v) is 10.5. The molecule has 5 rings (SSSR count). The van der Waals surface area contributed by atoms with Gasteiger partial charge < -0.3 is 24.2 Å². The second-order valence-corrected chi connectivity index (χ2v) is 7.64. The van der Waals surface area contributed by atoms with Crippen LogP contribution in [0.1, 0.15) is 16.1 Å². The third kappa shape index (κ3) is 3.33. The van der Waals surface area contributed by atoms with Crippen LogP contribution in [0.15, 0.2) is 51.4 Å². The molecule has 0 fully saturated rings. The summed E-state index contributed by atoms with van der Waals surface area (Å²) in [7, 11) is 4.86. The largest absolute Gasteiger partial charge is 0.480 e. The molecule has 0 bridgehead atoms. The number of aryl methyl sites for hydroxylation is 1. The van der Waals surface area contributed by atoms with E-state index < -0.39 is 5.82 Å². The van der Waals surface area contributed by atoms with E-state index in [0.717, 1.165) is 11.3 Å². The predicted octanol–water partition coefficient (Wildman–Crippen LogP) is 5.16. The Balaban J connectivity index is 1.73. The van der Waals surface area contributed by atoms with Crippen molar-refractivity contribution in [3.05, 3.63) is 59.7 Å². The van der Waals surface area contributed by atoms with E-state index in [0.29, 0.717) is 39.0 Å². The topological polar surface area (TPSA) is 102 Å². The summed E-state index contributed by atoms with van der Waals surface area (Å²) >= 11 is 0. The number of carbonyl (C=O) groups excluding carboxylic acids is 1. The van der Waals surface area contributed by atoms with Gasteiger partial charge in [0.05, 0.1) is 18.2 Å². The molecular formula is C25H21FN4O4. The van der Waals surface area contributed by atoms with E-state index in [1.807, 2.05) is 18.2 Å². The molecule has 3 heterocycles. The Morgan fingerprint density at radius 2 is 1.91 bits per heavy atom.